The number of nitrogens with zero attached hydrogens (tertiary/aromatic N) is 2. The number of hydrogen-bond acceptors (Lipinski definition) is 4. The molecule has 0 aliphatic rings. The van der Waals surface area contributed by atoms with Crippen LogP contribution in [0.1, 0.15) is 18.5 Å². The predicted octanol–water partition coefficient (Wildman–Crippen LogP) is 0.286. The summed E-state index contributed by atoms with van der Waals surface area (Å²) < 4.78 is 5.61. The summed E-state index contributed by atoms with van der Waals surface area (Å²) in [5.41, 5.74) is 0.464. The van der Waals surface area contributed by atoms with Crippen LogP contribution in [0.2, 0.25) is 0 Å². The zero-order chi connectivity index (χ0) is 10.7. The Kier molecular flexibility index (Phi) is 3.01. The molecule has 0 aliphatic carbocycles. The molecule has 76 valence electrons. The van der Waals surface area contributed by atoms with Crippen LogP contribution in [0.25, 0.3) is 0 Å². The lowest BCUT2D eigenvalue weighted by atomic mass is 10.3. The fourth-order valence-corrected chi connectivity index (χ4v) is 1.07. The van der Waals surface area contributed by atoms with Crippen molar-refractivity contribution in [2.24, 2.45) is 0 Å². The highest BCUT2D eigenvalue weighted by atomic mass is 16.5. The van der Waals surface area contributed by atoms with E-state index in [0.29, 0.717) is 0 Å². The van der Waals surface area contributed by atoms with E-state index in [2.05, 4.69) is 9.84 Å². The van der Waals surface area contributed by atoms with E-state index in [1.807, 2.05) is 0 Å². The first kappa shape index (κ1) is 10.4. The van der Waals surface area contributed by atoms with Gasteiger partial charge in [-0.05, 0) is 19.4 Å². The van der Waals surface area contributed by atoms with Crippen molar-refractivity contribution in [3.63, 3.8) is 0 Å². The van der Waals surface area contributed by atoms with Gasteiger partial charge in [0.15, 0.2) is 6.04 Å². The maximum atomic E-state index is 11.4. The van der Waals surface area contributed by atoms with Gasteiger partial charge in [-0.3, -0.25) is 4.79 Å². The van der Waals surface area contributed by atoms with E-state index in [9.17, 15) is 9.59 Å². The van der Waals surface area contributed by atoms with Crippen molar-refractivity contribution in [3.05, 3.63) is 28.2 Å². The van der Waals surface area contributed by atoms with Gasteiger partial charge in [-0.25, -0.2) is 9.48 Å². The fraction of sp³-hybridized carbons (Fsp3) is 0.444. The molecule has 0 spiro atoms. The van der Waals surface area contributed by atoms with Crippen LogP contribution in [0.15, 0.2) is 17.1 Å². The third-order valence-corrected chi connectivity index (χ3v) is 1.87. The summed E-state index contributed by atoms with van der Waals surface area (Å²) in [5, 5.41) is 3.85. The standard InChI is InChI=1S/C9H12N2O3/c1-6-4-8(12)11(10-5-6)7(2)9(13)14-3/h4-5,7H,1-3H3/t7-/m1/s1. The van der Waals surface area contributed by atoms with E-state index in [1.165, 1.54) is 19.4 Å². The van der Waals surface area contributed by atoms with Crippen LogP contribution in [0.5, 0.6) is 0 Å². The highest BCUT2D eigenvalue weighted by Crippen LogP contribution is 2.01. The minimum Gasteiger partial charge on any atom is -0.467 e. The van der Waals surface area contributed by atoms with E-state index >= 15 is 0 Å². The maximum absolute atomic E-state index is 11.4. The molecule has 1 atom stereocenters. The molecule has 1 aromatic heterocycles. The van der Waals surface area contributed by atoms with Crippen molar-refractivity contribution in [2.75, 3.05) is 7.11 Å². The van der Waals surface area contributed by atoms with Crippen LogP contribution < -0.4 is 5.56 Å². The quantitative estimate of drug-likeness (QED) is 0.638. The van der Waals surface area contributed by atoms with E-state index in [1.54, 1.807) is 13.8 Å². The summed E-state index contributed by atoms with van der Waals surface area (Å²) in [4.78, 5) is 22.5. The average Bonchev–Trinajstić information content (AvgIpc) is 2.15. The van der Waals surface area contributed by atoms with Gasteiger partial charge in [-0.15, -0.1) is 0 Å². The predicted molar refractivity (Wildman–Crippen MR) is 50.0 cm³/mol. The number of hydrogen-bond donors (Lipinski definition) is 0. The van der Waals surface area contributed by atoms with Crippen molar-refractivity contribution in [1.29, 1.82) is 0 Å². The smallest absolute Gasteiger partial charge is 0.330 e. The monoisotopic (exact) mass is 196 g/mol. The molecule has 5 heteroatoms. The van der Waals surface area contributed by atoms with Crippen molar-refractivity contribution >= 4 is 5.97 Å². The number of rotatable bonds is 2. The van der Waals surface area contributed by atoms with Crippen LogP contribution in [0, 0.1) is 6.92 Å². The number of aromatic nitrogens is 2. The average molecular weight is 196 g/mol. The number of carbonyl (C=O) groups excluding carboxylic acids is 1. The second-order valence-corrected chi connectivity index (χ2v) is 3.01. The van der Waals surface area contributed by atoms with Crippen LogP contribution in [0.4, 0.5) is 0 Å². The number of ether oxygens (including phenoxy) is 1. The SMILES string of the molecule is COC(=O)[C@@H](C)n1ncc(C)cc1=O. The number of aryl methyl sites for hydroxylation is 1. The molecule has 5 nitrogen and oxygen atoms in total. The molecule has 0 N–H and O–H groups in total. The minimum atomic E-state index is -0.687. The minimum absolute atomic E-state index is 0.303. The van der Waals surface area contributed by atoms with Gasteiger partial charge in [0.25, 0.3) is 5.56 Å². The zero-order valence-corrected chi connectivity index (χ0v) is 8.35. The van der Waals surface area contributed by atoms with Crippen LogP contribution in [0.3, 0.4) is 0 Å². The van der Waals surface area contributed by atoms with Gasteiger partial charge < -0.3 is 4.74 Å². The fourth-order valence-electron chi connectivity index (χ4n) is 1.07. The van der Waals surface area contributed by atoms with Gasteiger partial charge in [0.05, 0.1) is 13.3 Å². The first-order valence-electron chi connectivity index (χ1n) is 4.19. The Bertz CT molecular complexity index is 397. The first-order chi connectivity index (χ1) is 6.56. The number of methoxy groups -OCH3 is 1. The molecule has 0 radical (unpaired) electrons. The van der Waals surface area contributed by atoms with Crippen molar-refractivity contribution in [2.45, 2.75) is 19.9 Å². The van der Waals surface area contributed by atoms with Crippen molar-refractivity contribution in [1.82, 2.24) is 9.78 Å². The first-order valence-corrected chi connectivity index (χ1v) is 4.19. The van der Waals surface area contributed by atoms with E-state index in [-0.39, 0.29) is 5.56 Å². The topological polar surface area (TPSA) is 61.2 Å². The lowest BCUT2D eigenvalue weighted by Crippen LogP contribution is -2.30. The Morgan fingerprint density at radius 3 is 2.79 bits per heavy atom. The highest BCUT2D eigenvalue weighted by molar-refractivity contribution is 5.73. The number of carbonyl (C=O) groups is 1. The zero-order valence-electron chi connectivity index (χ0n) is 8.35. The Morgan fingerprint density at radius 1 is 1.64 bits per heavy atom. The molecule has 14 heavy (non-hydrogen) atoms. The summed E-state index contributed by atoms with van der Waals surface area (Å²) in [6.07, 6.45) is 1.53. The van der Waals surface area contributed by atoms with Crippen molar-refractivity contribution in [3.8, 4) is 0 Å². The summed E-state index contributed by atoms with van der Waals surface area (Å²) >= 11 is 0. The largest absolute Gasteiger partial charge is 0.467 e. The summed E-state index contributed by atoms with van der Waals surface area (Å²) in [5.74, 6) is -0.483. The van der Waals surface area contributed by atoms with Crippen LogP contribution in [-0.2, 0) is 9.53 Å². The lowest BCUT2D eigenvalue weighted by Gasteiger charge is -2.10. The molecule has 1 heterocycles. The van der Waals surface area contributed by atoms with Gasteiger partial charge in [0, 0.05) is 6.07 Å². The Morgan fingerprint density at radius 2 is 2.29 bits per heavy atom. The van der Waals surface area contributed by atoms with Gasteiger partial charge in [-0.1, -0.05) is 0 Å². The molecule has 0 unspecified atom stereocenters. The molecular weight excluding hydrogens is 184 g/mol. The Hall–Kier alpha value is -1.65. The maximum Gasteiger partial charge on any atom is 0.330 e. The molecule has 0 saturated carbocycles. The van der Waals surface area contributed by atoms with Crippen LogP contribution >= 0.6 is 0 Å². The Balaban J connectivity index is 3.08. The van der Waals surface area contributed by atoms with E-state index in [4.69, 9.17) is 0 Å². The molecule has 0 fully saturated rings. The van der Waals surface area contributed by atoms with Crippen LogP contribution in [-0.4, -0.2) is 22.9 Å². The second kappa shape index (κ2) is 4.04. The third kappa shape index (κ3) is 1.99. The second-order valence-electron chi connectivity index (χ2n) is 3.01. The van der Waals surface area contributed by atoms with Gasteiger partial charge in [0.2, 0.25) is 0 Å². The summed E-state index contributed by atoms with van der Waals surface area (Å²) in [6, 6.07) is 0.736. The normalized spacial score (nSPS) is 12.2. The number of esters is 1. The molecule has 0 saturated heterocycles. The summed E-state index contributed by atoms with van der Waals surface area (Å²) in [6.45, 7) is 3.33. The highest BCUT2D eigenvalue weighted by Gasteiger charge is 2.16. The molecule has 0 aromatic carbocycles. The van der Waals surface area contributed by atoms with E-state index < -0.39 is 12.0 Å². The molecular formula is C9H12N2O3. The molecule has 0 bridgehead atoms. The lowest BCUT2D eigenvalue weighted by molar-refractivity contribution is -0.144. The molecule has 1 rings (SSSR count). The molecule has 1 aromatic rings. The van der Waals surface area contributed by atoms with Gasteiger partial charge >= 0.3 is 5.97 Å². The van der Waals surface area contributed by atoms with E-state index in [0.717, 1.165) is 10.2 Å². The third-order valence-electron chi connectivity index (χ3n) is 1.87. The van der Waals surface area contributed by atoms with Crippen molar-refractivity contribution < 1.29 is 9.53 Å². The molecule has 0 aliphatic heterocycles. The molecule has 0 amide bonds. The Labute approximate surface area is 81.3 Å². The summed E-state index contributed by atoms with van der Waals surface area (Å²) in [7, 11) is 1.28. The van der Waals surface area contributed by atoms with Gasteiger partial charge in [0.1, 0.15) is 0 Å². The van der Waals surface area contributed by atoms with Gasteiger partial charge in [-0.2, -0.15) is 5.10 Å².